The maximum Gasteiger partial charge on any atom is 0.184 e. The Hall–Kier alpha value is -1.14. The summed E-state index contributed by atoms with van der Waals surface area (Å²) in [5.74, 6) is 1.39. The van der Waals surface area contributed by atoms with Gasteiger partial charge in [-0.1, -0.05) is 67.6 Å². The standard InChI is InChI=1S/C20H32N4S2/c1-11(2)15-9-17(13(5)6)23(21-15)19(20(25)26)24-18(14(7)8)10-16(22-24)12(3)4/h9-14,19H,1-8H3,(H,25,26). The molecule has 0 unspecified atom stereocenters. The van der Waals surface area contributed by atoms with Crippen molar-refractivity contribution in [3.05, 3.63) is 34.9 Å². The molecule has 0 atom stereocenters. The van der Waals surface area contributed by atoms with Crippen molar-refractivity contribution in [2.24, 2.45) is 0 Å². The Morgan fingerprint density at radius 1 is 0.769 bits per heavy atom. The molecule has 4 nitrogen and oxygen atoms in total. The molecule has 26 heavy (non-hydrogen) atoms. The van der Waals surface area contributed by atoms with Gasteiger partial charge >= 0.3 is 0 Å². The first-order valence-electron chi connectivity index (χ1n) is 9.46. The fraction of sp³-hybridized carbons (Fsp3) is 0.650. The number of thiol groups is 1. The van der Waals surface area contributed by atoms with Crippen LogP contribution in [0.2, 0.25) is 0 Å². The van der Waals surface area contributed by atoms with Gasteiger partial charge in [0.15, 0.2) is 6.17 Å². The van der Waals surface area contributed by atoms with E-state index in [0.717, 1.165) is 22.8 Å². The van der Waals surface area contributed by atoms with E-state index >= 15 is 0 Å². The quantitative estimate of drug-likeness (QED) is 0.472. The number of aromatic nitrogens is 4. The highest BCUT2D eigenvalue weighted by Crippen LogP contribution is 2.30. The van der Waals surface area contributed by atoms with Gasteiger partial charge in [0.1, 0.15) is 0 Å². The molecule has 6 heteroatoms. The van der Waals surface area contributed by atoms with Crippen LogP contribution in [-0.4, -0.2) is 23.8 Å². The van der Waals surface area contributed by atoms with Gasteiger partial charge in [0.05, 0.1) is 15.6 Å². The highest BCUT2D eigenvalue weighted by Gasteiger charge is 2.27. The summed E-state index contributed by atoms with van der Waals surface area (Å²) in [5, 5.41) is 9.81. The molecular formula is C20H32N4S2. The van der Waals surface area contributed by atoms with Crippen LogP contribution in [-0.2, 0) is 0 Å². The predicted molar refractivity (Wildman–Crippen MR) is 117 cm³/mol. The molecule has 2 aromatic heterocycles. The first kappa shape index (κ1) is 21.2. The minimum atomic E-state index is -0.303. The molecule has 0 spiro atoms. The van der Waals surface area contributed by atoms with Crippen molar-refractivity contribution < 1.29 is 0 Å². The smallest absolute Gasteiger partial charge is 0.184 e. The molecule has 2 aromatic rings. The Kier molecular flexibility index (Phi) is 6.72. The van der Waals surface area contributed by atoms with Gasteiger partial charge in [0.25, 0.3) is 0 Å². The molecular weight excluding hydrogens is 360 g/mol. The van der Waals surface area contributed by atoms with E-state index in [-0.39, 0.29) is 6.17 Å². The van der Waals surface area contributed by atoms with Crippen LogP contribution < -0.4 is 0 Å². The van der Waals surface area contributed by atoms with Crippen molar-refractivity contribution in [1.82, 2.24) is 19.6 Å². The van der Waals surface area contributed by atoms with Crippen LogP contribution in [0.3, 0.4) is 0 Å². The van der Waals surface area contributed by atoms with E-state index in [9.17, 15) is 0 Å². The molecule has 0 aromatic carbocycles. The van der Waals surface area contributed by atoms with E-state index < -0.39 is 0 Å². The van der Waals surface area contributed by atoms with Gasteiger partial charge < -0.3 is 0 Å². The lowest BCUT2D eigenvalue weighted by Crippen LogP contribution is -2.29. The first-order valence-corrected chi connectivity index (χ1v) is 10.3. The van der Waals surface area contributed by atoms with E-state index in [0.29, 0.717) is 27.9 Å². The van der Waals surface area contributed by atoms with Crippen molar-refractivity contribution in [2.75, 3.05) is 0 Å². The molecule has 0 saturated carbocycles. The third-order valence-corrected chi connectivity index (χ3v) is 5.06. The number of hydrogen-bond donors (Lipinski definition) is 1. The summed E-state index contributed by atoms with van der Waals surface area (Å²) in [6, 6.07) is 4.38. The Morgan fingerprint density at radius 2 is 1.12 bits per heavy atom. The van der Waals surface area contributed by atoms with Gasteiger partial charge in [-0.05, 0) is 35.8 Å². The summed E-state index contributed by atoms with van der Waals surface area (Å²) in [4.78, 5) is 0. The maximum atomic E-state index is 5.57. The van der Waals surface area contributed by atoms with E-state index in [2.05, 4.69) is 80.2 Å². The van der Waals surface area contributed by atoms with E-state index in [4.69, 9.17) is 22.4 Å². The van der Waals surface area contributed by atoms with E-state index in [1.165, 1.54) is 0 Å². The third-order valence-electron chi connectivity index (χ3n) is 4.62. The summed E-state index contributed by atoms with van der Waals surface area (Å²) in [7, 11) is 0. The molecule has 144 valence electrons. The van der Waals surface area contributed by atoms with Crippen LogP contribution in [0.25, 0.3) is 0 Å². The maximum absolute atomic E-state index is 5.57. The number of hydrogen-bond acceptors (Lipinski definition) is 3. The third kappa shape index (κ3) is 4.22. The summed E-state index contributed by atoms with van der Waals surface area (Å²) >= 11 is 10.1. The Bertz CT molecular complexity index is 711. The second kappa shape index (κ2) is 8.26. The van der Waals surface area contributed by atoms with Crippen LogP contribution in [0.4, 0.5) is 0 Å². The summed E-state index contributed by atoms with van der Waals surface area (Å²) < 4.78 is 4.63. The zero-order chi connectivity index (χ0) is 19.8. The zero-order valence-electron chi connectivity index (χ0n) is 17.2. The lowest BCUT2D eigenvalue weighted by Gasteiger charge is -2.23. The highest BCUT2D eigenvalue weighted by atomic mass is 32.1. The second-order valence-electron chi connectivity index (χ2n) is 8.21. The predicted octanol–water partition coefficient (Wildman–Crippen LogP) is 5.88. The van der Waals surface area contributed by atoms with Crippen molar-refractivity contribution in [2.45, 2.75) is 85.2 Å². The van der Waals surface area contributed by atoms with Crippen LogP contribution >= 0.6 is 24.8 Å². The van der Waals surface area contributed by atoms with Gasteiger partial charge in [0.2, 0.25) is 0 Å². The van der Waals surface area contributed by atoms with Gasteiger partial charge in [-0.2, -0.15) is 10.2 Å². The van der Waals surface area contributed by atoms with Crippen molar-refractivity contribution in [1.29, 1.82) is 0 Å². The monoisotopic (exact) mass is 392 g/mol. The molecule has 2 rings (SSSR count). The molecule has 0 fully saturated rings. The molecule has 0 bridgehead atoms. The molecule has 0 aliphatic carbocycles. The average Bonchev–Trinajstić information content (AvgIpc) is 3.12. The largest absolute Gasteiger partial charge is 0.238 e. The van der Waals surface area contributed by atoms with Crippen molar-refractivity contribution in [3.63, 3.8) is 0 Å². The van der Waals surface area contributed by atoms with Gasteiger partial charge in [-0.3, -0.25) is 0 Å². The molecule has 0 amide bonds. The van der Waals surface area contributed by atoms with Crippen LogP contribution in [0, 0.1) is 0 Å². The lowest BCUT2D eigenvalue weighted by atomic mass is 10.1. The molecule has 0 N–H and O–H groups in total. The van der Waals surface area contributed by atoms with Crippen LogP contribution in [0.1, 0.15) is 108 Å². The van der Waals surface area contributed by atoms with Gasteiger partial charge in [0, 0.05) is 11.4 Å². The molecule has 0 aliphatic rings. The normalized spacial score (nSPS) is 12.4. The van der Waals surface area contributed by atoms with Crippen LogP contribution in [0.5, 0.6) is 0 Å². The van der Waals surface area contributed by atoms with Gasteiger partial charge in [-0.25, -0.2) is 9.36 Å². The summed E-state index contributed by atoms with van der Waals surface area (Å²) in [5.41, 5.74) is 4.47. The SMILES string of the molecule is CC(C)c1cc(C(C)C)n(C(C(=S)S)n2nc(C(C)C)cc2C(C)C)n1. The summed E-state index contributed by atoms with van der Waals surface area (Å²) in [6.45, 7) is 17.4. The fourth-order valence-corrected chi connectivity index (χ4v) is 3.41. The lowest BCUT2D eigenvalue weighted by molar-refractivity contribution is 0.419. The topological polar surface area (TPSA) is 35.6 Å². The molecule has 2 heterocycles. The summed E-state index contributed by atoms with van der Waals surface area (Å²) in [6.07, 6.45) is -0.303. The molecule has 0 radical (unpaired) electrons. The minimum absolute atomic E-state index is 0.303. The Balaban J connectivity index is 2.70. The van der Waals surface area contributed by atoms with Crippen LogP contribution in [0.15, 0.2) is 12.1 Å². The first-order chi connectivity index (χ1) is 12.0. The van der Waals surface area contributed by atoms with Crippen molar-refractivity contribution in [3.8, 4) is 0 Å². The number of thiocarbonyl (C=S) groups is 1. The second-order valence-corrected chi connectivity index (χ2v) is 9.43. The van der Waals surface area contributed by atoms with Gasteiger partial charge in [-0.15, -0.1) is 12.6 Å². The Morgan fingerprint density at radius 3 is 1.35 bits per heavy atom. The zero-order valence-corrected chi connectivity index (χ0v) is 18.9. The molecule has 0 aliphatic heterocycles. The number of rotatable bonds is 7. The average molecular weight is 393 g/mol. The number of nitrogens with zero attached hydrogens (tertiary/aromatic N) is 4. The minimum Gasteiger partial charge on any atom is -0.238 e. The highest BCUT2D eigenvalue weighted by molar-refractivity contribution is 8.11. The van der Waals surface area contributed by atoms with E-state index in [1.807, 2.05) is 9.36 Å². The van der Waals surface area contributed by atoms with Crippen molar-refractivity contribution >= 4 is 29.0 Å². The Labute approximate surface area is 168 Å². The molecule has 0 saturated heterocycles. The fourth-order valence-electron chi connectivity index (χ4n) is 2.99. The van der Waals surface area contributed by atoms with E-state index in [1.54, 1.807) is 0 Å².